The number of allylic oxidation sites excluding steroid dienone is 1. The molecule has 2 aromatic carbocycles. The van der Waals surface area contributed by atoms with Crippen molar-refractivity contribution in [1.29, 1.82) is 0 Å². The maximum atomic E-state index is 13.4. The van der Waals surface area contributed by atoms with Crippen LogP contribution in [0.2, 0.25) is 10.0 Å². The molecule has 0 saturated heterocycles. The van der Waals surface area contributed by atoms with E-state index in [1.165, 1.54) is 24.2 Å². The topological polar surface area (TPSA) is 118 Å². The molecule has 2 N–H and O–H groups in total. The van der Waals surface area contributed by atoms with Crippen molar-refractivity contribution in [2.75, 3.05) is 17.3 Å². The van der Waals surface area contributed by atoms with Crippen molar-refractivity contribution in [3.8, 4) is 0 Å². The van der Waals surface area contributed by atoms with Gasteiger partial charge in [-0.05, 0) is 55.5 Å². The van der Waals surface area contributed by atoms with Crippen LogP contribution in [0.3, 0.4) is 0 Å². The number of furan rings is 1. The van der Waals surface area contributed by atoms with Crippen molar-refractivity contribution in [1.82, 2.24) is 5.32 Å². The van der Waals surface area contributed by atoms with Gasteiger partial charge in [0, 0.05) is 11.4 Å². The number of benzene rings is 2. The minimum atomic E-state index is -0.847. The fraction of sp³-hybridized carbons (Fsp3) is 0.111. The number of para-hydroxylation sites is 1. The van der Waals surface area contributed by atoms with E-state index in [-0.39, 0.29) is 28.5 Å². The summed E-state index contributed by atoms with van der Waals surface area (Å²) in [6.07, 6.45) is 1.41. The fourth-order valence-corrected chi connectivity index (χ4v) is 4.07. The van der Waals surface area contributed by atoms with E-state index in [1.54, 1.807) is 61.5 Å². The number of methoxy groups -OCH3 is 1. The van der Waals surface area contributed by atoms with Gasteiger partial charge in [0.25, 0.3) is 5.91 Å². The van der Waals surface area contributed by atoms with E-state index in [9.17, 15) is 19.2 Å². The highest BCUT2D eigenvalue weighted by atomic mass is 35.5. The van der Waals surface area contributed by atoms with Gasteiger partial charge in [0.1, 0.15) is 11.5 Å². The van der Waals surface area contributed by atoms with Crippen LogP contribution in [-0.2, 0) is 30.5 Å². The van der Waals surface area contributed by atoms with Crippen LogP contribution in [-0.4, -0.2) is 30.8 Å². The Labute approximate surface area is 227 Å². The summed E-state index contributed by atoms with van der Waals surface area (Å²) in [4.78, 5) is 51.5. The number of carbonyl (C=O) groups is 4. The molecule has 0 aliphatic carbocycles. The van der Waals surface area contributed by atoms with Gasteiger partial charge in [-0.1, -0.05) is 41.4 Å². The molecule has 2 heterocycles. The highest BCUT2D eigenvalue weighted by molar-refractivity contribution is 6.42. The van der Waals surface area contributed by atoms with Crippen molar-refractivity contribution < 1.29 is 28.3 Å². The summed E-state index contributed by atoms with van der Waals surface area (Å²) >= 11 is 12.1. The first kappa shape index (κ1) is 26.7. The second-order valence-corrected chi connectivity index (χ2v) is 8.87. The molecule has 0 fully saturated rings. The number of halogens is 2. The lowest BCUT2D eigenvalue weighted by Crippen LogP contribution is -2.34. The molecule has 0 unspecified atom stereocenters. The van der Waals surface area contributed by atoms with Gasteiger partial charge in [-0.25, -0.2) is 4.79 Å². The minimum Gasteiger partial charge on any atom is -0.465 e. The van der Waals surface area contributed by atoms with Crippen LogP contribution < -0.4 is 15.5 Å². The van der Waals surface area contributed by atoms with Crippen LogP contribution in [0, 0.1) is 0 Å². The van der Waals surface area contributed by atoms with E-state index >= 15 is 0 Å². The molecular weight excluding hydrogens is 533 g/mol. The van der Waals surface area contributed by atoms with E-state index in [0.29, 0.717) is 27.9 Å². The number of amides is 3. The average Bonchev–Trinajstić information content (AvgIpc) is 3.46. The third-order valence-electron chi connectivity index (χ3n) is 5.58. The van der Waals surface area contributed by atoms with Crippen molar-refractivity contribution in [3.63, 3.8) is 0 Å². The Morgan fingerprint density at radius 3 is 2.42 bits per heavy atom. The number of rotatable bonds is 6. The summed E-state index contributed by atoms with van der Waals surface area (Å²) in [6.45, 7) is 1.53. The third-order valence-corrected chi connectivity index (χ3v) is 6.32. The van der Waals surface area contributed by atoms with Crippen molar-refractivity contribution >= 4 is 64.3 Å². The van der Waals surface area contributed by atoms with E-state index in [2.05, 4.69) is 10.6 Å². The van der Waals surface area contributed by atoms with Crippen LogP contribution in [0.5, 0.6) is 0 Å². The number of ether oxygens (including phenoxy) is 1. The van der Waals surface area contributed by atoms with Crippen LogP contribution in [0.25, 0.3) is 6.08 Å². The number of hydrogen-bond acceptors (Lipinski definition) is 6. The van der Waals surface area contributed by atoms with Crippen LogP contribution >= 0.6 is 23.2 Å². The standard InChI is InChI=1S/C27H21Cl2N3O6/c1-15-23(27(36)37-2)20(26(35)32(15)17-8-11-21(28)22(29)12-17)13-18-9-10-19(38-18)14-30-24(33)25(34)31-16-6-4-3-5-7-16/h3-13H,14H2,1-2H3,(H,30,33)(H,31,34)/b20-13+. The van der Waals surface area contributed by atoms with Gasteiger partial charge in [0.15, 0.2) is 0 Å². The van der Waals surface area contributed by atoms with E-state index in [4.69, 9.17) is 32.4 Å². The highest BCUT2D eigenvalue weighted by Gasteiger charge is 2.38. The summed E-state index contributed by atoms with van der Waals surface area (Å²) < 4.78 is 10.6. The second kappa shape index (κ2) is 11.4. The molecule has 9 nitrogen and oxygen atoms in total. The number of hydrogen-bond donors (Lipinski definition) is 2. The monoisotopic (exact) mass is 553 g/mol. The molecule has 0 bridgehead atoms. The smallest absolute Gasteiger partial charge is 0.340 e. The summed E-state index contributed by atoms with van der Waals surface area (Å²) in [7, 11) is 1.22. The Hall–Kier alpha value is -4.34. The predicted molar refractivity (Wildman–Crippen MR) is 142 cm³/mol. The molecule has 38 heavy (non-hydrogen) atoms. The molecule has 3 amide bonds. The summed E-state index contributed by atoms with van der Waals surface area (Å²) in [5.41, 5.74) is 1.36. The molecule has 1 aliphatic rings. The largest absolute Gasteiger partial charge is 0.465 e. The average molecular weight is 554 g/mol. The first-order chi connectivity index (χ1) is 18.2. The molecule has 0 atom stereocenters. The molecular formula is C27H21Cl2N3O6. The van der Waals surface area contributed by atoms with Crippen LogP contribution in [0.1, 0.15) is 18.4 Å². The number of nitrogens with one attached hydrogen (secondary N) is 2. The lowest BCUT2D eigenvalue weighted by molar-refractivity contribution is -0.136. The van der Waals surface area contributed by atoms with Crippen LogP contribution in [0.15, 0.2) is 81.9 Å². The van der Waals surface area contributed by atoms with E-state index in [1.807, 2.05) is 0 Å². The van der Waals surface area contributed by atoms with E-state index < -0.39 is 23.7 Å². The Kier molecular flexibility index (Phi) is 7.99. The quantitative estimate of drug-likeness (QED) is 0.259. The van der Waals surface area contributed by atoms with Gasteiger partial charge >= 0.3 is 17.8 Å². The summed E-state index contributed by atoms with van der Waals surface area (Å²) in [5.74, 6) is -2.30. The highest BCUT2D eigenvalue weighted by Crippen LogP contribution is 2.37. The van der Waals surface area contributed by atoms with Gasteiger partial charge in [-0.3, -0.25) is 19.3 Å². The Morgan fingerprint density at radius 1 is 1.00 bits per heavy atom. The zero-order valence-corrected chi connectivity index (χ0v) is 21.7. The van der Waals surface area contributed by atoms with Crippen molar-refractivity contribution in [2.24, 2.45) is 0 Å². The molecule has 1 aromatic heterocycles. The van der Waals surface area contributed by atoms with Gasteiger partial charge in [0.2, 0.25) is 0 Å². The van der Waals surface area contributed by atoms with Crippen LogP contribution in [0.4, 0.5) is 11.4 Å². The normalized spacial score (nSPS) is 14.2. The fourth-order valence-electron chi connectivity index (χ4n) is 3.78. The maximum Gasteiger partial charge on any atom is 0.340 e. The number of esters is 1. The number of carbonyl (C=O) groups excluding carboxylic acids is 4. The molecule has 1 aliphatic heterocycles. The zero-order valence-electron chi connectivity index (χ0n) is 20.2. The SMILES string of the molecule is COC(=O)C1=C(C)N(c2ccc(Cl)c(Cl)c2)C(=O)/C1=C/c1ccc(CNC(=O)C(=O)Nc2ccccc2)o1. The first-order valence-electron chi connectivity index (χ1n) is 11.2. The molecule has 194 valence electrons. The summed E-state index contributed by atoms with van der Waals surface area (Å²) in [5, 5.41) is 5.52. The Morgan fingerprint density at radius 2 is 1.74 bits per heavy atom. The van der Waals surface area contributed by atoms with Gasteiger partial charge in [0.05, 0.1) is 40.5 Å². The molecule has 0 saturated carbocycles. The minimum absolute atomic E-state index is 0.0487. The molecule has 0 spiro atoms. The first-order valence-corrected chi connectivity index (χ1v) is 12.0. The van der Waals surface area contributed by atoms with Gasteiger partial charge in [-0.2, -0.15) is 0 Å². The lowest BCUT2D eigenvalue weighted by atomic mass is 10.1. The number of nitrogens with zero attached hydrogens (tertiary/aromatic N) is 1. The Balaban J connectivity index is 1.52. The summed E-state index contributed by atoms with van der Waals surface area (Å²) in [6, 6.07) is 16.4. The maximum absolute atomic E-state index is 13.4. The molecule has 0 radical (unpaired) electrons. The third kappa shape index (κ3) is 5.64. The van der Waals surface area contributed by atoms with Gasteiger partial charge in [-0.15, -0.1) is 0 Å². The van der Waals surface area contributed by atoms with Crippen molar-refractivity contribution in [3.05, 3.63) is 99.1 Å². The predicted octanol–water partition coefficient (Wildman–Crippen LogP) is 4.72. The second-order valence-electron chi connectivity index (χ2n) is 8.06. The zero-order chi connectivity index (χ0) is 27.4. The lowest BCUT2D eigenvalue weighted by Gasteiger charge is -2.18. The Bertz CT molecular complexity index is 1490. The molecule has 4 rings (SSSR count). The van der Waals surface area contributed by atoms with E-state index in [0.717, 1.165) is 0 Å². The van der Waals surface area contributed by atoms with Gasteiger partial charge < -0.3 is 19.8 Å². The number of anilines is 2. The molecule has 3 aromatic rings. The van der Waals surface area contributed by atoms with Crippen molar-refractivity contribution in [2.45, 2.75) is 13.5 Å². The molecule has 11 heteroatoms.